The van der Waals surface area contributed by atoms with Gasteiger partial charge in [0.05, 0.1) is 13.5 Å². The summed E-state index contributed by atoms with van der Waals surface area (Å²) >= 11 is 0. The minimum Gasteiger partial charge on any atom is -0.469 e. The van der Waals surface area contributed by atoms with Crippen molar-refractivity contribution >= 4 is 5.97 Å². The van der Waals surface area contributed by atoms with Gasteiger partial charge in [-0.25, -0.2) is 4.98 Å². The van der Waals surface area contributed by atoms with Crippen LogP contribution in [0.25, 0.3) is 0 Å². The third-order valence-electron chi connectivity index (χ3n) is 1.61. The Labute approximate surface area is 79.9 Å². The standard InChI is InChI=1S/C9H7FN2O2/c1-14-9(13)4-6-2-3-8(10)12-7(6)5-11/h2-3H,4H2,1H3. The van der Waals surface area contributed by atoms with Crippen LogP contribution in [0.5, 0.6) is 0 Å². The molecule has 5 heteroatoms. The predicted molar refractivity (Wildman–Crippen MR) is 44.6 cm³/mol. The quantitative estimate of drug-likeness (QED) is 0.516. The van der Waals surface area contributed by atoms with E-state index in [9.17, 15) is 9.18 Å². The average molecular weight is 194 g/mol. The van der Waals surface area contributed by atoms with Crippen molar-refractivity contribution in [3.8, 4) is 6.07 Å². The highest BCUT2D eigenvalue weighted by Gasteiger charge is 2.09. The zero-order valence-electron chi connectivity index (χ0n) is 7.45. The third kappa shape index (κ3) is 2.26. The van der Waals surface area contributed by atoms with Crippen LogP contribution in [0.2, 0.25) is 0 Å². The highest BCUT2D eigenvalue weighted by atomic mass is 19.1. The van der Waals surface area contributed by atoms with E-state index in [0.717, 1.165) is 6.07 Å². The molecule has 0 aliphatic heterocycles. The lowest BCUT2D eigenvalue weighted by atomic mass is 10.1. The lowest BCUT2D eigenvalue weighted by Gasteiger charge is -2.01. The molecule has 0 saturated heterocycles. The molecule has 0 saturated carbocycles. The molecule has 1 aromatic heterocycles. The molecule has 0 aliphatic rings. The van der Waals surface area contributed by atoms with Gasteiger partial charge in [0.2, 0.25) is 5.95 Å². The van der Waals surface area contributed by atoms with Crippen LogP contribution in [-0.2, 0) is 16.0 Å². The van der Waals surface area contributed by atoms with E-state index in [1.165, 1.54) is 13.2 Å². The van der Waals surface area contributed by atoms with Gasteiger partial charge in [0, 0.05) is 0 Å². The maximum absolute atomic E-state index is 12.6. The van der Waals surface area contributed by atoms with Crippen LogP contribution in [0, 0.1) is 17.3 Å². The average Bonchev–Trinajstić information content (AvgIpc) is 2.20. The van der Waals surface area contributed by atoms with E-state index in [1.54, 1.807) is 6.07 Å². The summed E-state index contributed by atoms with van der Waals surface area (Å²) in [5.74, 6) is -1.23. The van der Waals surface area contributed by atoms with Gasteiger partial charge < -0.3 is 4.74 Å². The first-order chi connectivity index (χ1) is 6.67. The zero-order chi connectivity index (χ0) is 10.6. The Kier molecular flexibility index (Phi) is 3.13. The molecule has 0 radical (unpaired) electrons. The van der Waals surface area contributed by atoms with Crippen molar-refractivity contribution < 1.29 is 13.9 Å². The summed E-state index contributed by atoms with van der Waals surface area (Å²) in [6.45, 7) is 0. The summed E-state index contributed by atoms with van der Waals surface area (Å²) in [4.78, 5) is 14.2. The minimum atomic E-state index is -0.741. The molecular formula is C9H7FN2O2. The second kappa shape index (κ2) is 4.33. The topological polar surface area (TPSA) is 63.0 Å². The third-order valence-corrected chi connectivity index (χ3v) is 1.61. The fourth-order valence-electron chi connectivity index (χ4n) is 0.931. The number of halogens is 1. The number of nitriles is 1. The maximum Gasteiger partial charge on any atom is 0.310 e. The number of nitrogens with zero attached hydrogens (tertiary/aromatic N) is 2. The van der Waals surface area contributed by atoms with E-state index >= 15 is 0 Å². The second-order valence-corrected chi connectivity index (χ2v) is 2.51. The Hall–Kier alpha value is -1.96. The van der Waals surface area contributed by atoms with Crippen molar-refractivity contribution in [1.82, 2.24) is 4.98 Å². The summed E-state index contributed by atoms with van der Waals surface area (Å²) in [7, 11) is 1.24. The Bertz CT molecular complexity index is 398. The Morgan fingerprint density at radius 3 is 3.00 bits per heavy atom. The molecule has 14 heavy (non-hydrogen) atoms. The van der Waals surface area contributed by atoms with Crippen LogP contribution in [0.4, 0.5) is 4.39 Å². The lowest BCUT2D eigenvalue weighted by Crippen LogP contribution is -2.07. The van der Waals surface area contributed by atoms with Crippen LogP contribution in [0.3, 0.4) is 0 Å². The molecule has 0 amide bonds. The molecule has 0 spiro atoms. The molecule has 1 rings (SSSR count). The highest BCUT2D eigenvalue weighted by Crippen LogP contribution is 2.07. The van der Waals surface area contributed by atoms with Crippen molar-refractivity contribution in [2.75, 3.05) is 7.11 Å². The first-order valence-corrected chi connectivity index (χ1v) is 3.79. The van der Waals surface area contributed by atoms with Gasteiger partial charge in [-0.15, -0.1) is 0 Å². The lowest BCUT2D eigenvalue weighted by molar-refractivity contribution is -0.139. The van der Waals surface area contributed by atoms with Gasteiger partial charge in [0.1, 0.15) is 11.8 Å². The summed E-state index contributed by atoms with van der Waals surface area (Å²) in [6.07, 6.45) is -0.0767. The Balaban J connectivity index is 2.98. The van der Waals surface area contributed by atoms with Crippen molar-refractivity contribution in [3.05, 3.63) is 29.3 Å². The molecule has 0 bridgehead atoms. The first kappa shape index (κ1) is 10.1. The van der Waals surface area contributed by atoms with Crippen LogP contribution >= 0.6 is 0 Å². The monoisotopic (exact) mass is 194 g/mol. The summed E-state index contributed by atoms with van der Waals surface area (Å²) in [5, 5.41) is 8.60. The fraction of sp³-hybridized carbons (Fsp3) is 0.222. The molecule has 0 fully saturated rings. The van der Waals surface area contributed by atoms with E-state index in [4.69, 9.17) is 5.26 Å². The molecule has 0 unspecified atom stereocenters. The molecule has 0 N–H and O–H groups in total. The number of hydrogen-bond donors (Lipinski definition) is 0. The molecule has 0 aliphatic carbocycles. The van der Waals surface area contributed by atoms with E-state index in [0.29, 0.717) is 5.56 Å². The number of hydrogen-bond acceptors (Lipinski definition) is 4. The van der Waals surface area contributed by atoms with E-state index in [-0.39, 0.29) is 12.1 Å². The smallest absolute Gasteiger partial charge is 0.310 e. The largest absolute Gasteiger partial charge is 0.469 e. The van der Waals surface area contributed by atoms with Crippen molar-refractivity contribution in [2.45, 2.75) is 6.42 Å². The second-order valence-electron chi connectivity index (χ2n) is 2.51. The van der Waals surface area contributed by atoms with E-state index in [2.05, 4.69) is 9.72 Å². The molecule has 1 heterocycles. The van der Waals surface area contributed by atoms with Gasteiger partial charge in [-0.1, -0.05) is 6.07 Å². The number of rotatable bonds is 2. The van der Waals surface area contributed by atoms with E-state index in [1.807, 2.05) is 0 Å². The van der Waals surface area contributed by atoms with Crippen LogP contribution in [0.15, 0.2) is 12.1 Å². The van der Waals surface area contributed by atoms with Crippen LogP contribution in [-0.4, -0.2) is 18.1 Å². The van der Waals surface area contributed by atoms with Gasteiger partial charge in [0.25, 0.3) is 0 Å². The molecule has 4 nitrogen and oxygen atoms in total. The number of ether oxygens (including phenoxy) is 1. The number of carbonyl (C=O) groups excluding carboxylic acids is 1. The molecule has 1 aromatic rings. The summed E-state index contributed by atoms with van der Waals surface area (Å²) in [5.41, 5.74) is 0.274. The van der Waals surface area contributed by atoms with Gasteiger partial charge >= 0.3 is 5.97 Å². The number of pyridine rings is 1. The SMILES string of the molecule is COC(=O)Cc1ccc(F)nc1C#N. The van der Waals surface area contributed by atoms with Crippen LogP contribution in [0.1, 0.15) is 11.3 Å². The maximum atomic E-state index is 12.6. The van der Waals surface area contributed by atoms with Gasteiger partial charge in [-0.05, 0) is 11.6 Å². The van der Waals surface area contributed by atoms with Crippen molar-refractivity contribution in [2.24, 2.45) is 0 Å². The number of carbonyl (C=O) groups is 1. The molecule has 0 atom stereocenters. The van der Waals surface area contributed by atoms with E-state index < -0.39 is 11.9 Å². The molecule has 0 aromatic carbocycles. The van der Waals surface area contributed by atoms with Gasteiger partial charge in [-0.3, -0.25) is 4.79 Å². The first-order valence-electron chi connectivity index (χ1n) is 3.79. The molecular weight excluding hydrogens is 187 g/mol. The number of methoxy groups -OCH3 is 1. The summed E-state index contributed by atoms with van der Waals surface area (Å²) in [6, 6.07) is 4.15. The number of aromatic nitrogens is 1. The zero-order valence-corrected chi connectivity index (χ0v) is 7.45. The Morgan fingerprint density at radius 1 is 1.71 bits per heavy atom. The number of esters is 1. The Morgan fingerprint density at radius 2 is 2.43 bits per heavy atom. The minimum absolute atomic E-state index is 0.0767. The normalized spacial score (nSPS) is 9.21. The van der Waals surface area contributed by atoms with Crippen molar-refractivity contribution in [1.29, 1.82) is 5.26 Å². The van der Waals surface area contributed by atoms with Crippen molar-refractivity contribution in [3.63, 3.8) is 0 Å². The fourth-order valence-corrected chi connectivity index (χ4v) is 0.931. The van der Waals surface area contributed by atoms with Crippen LogP contribution < -0.4 is 0 Å². The highest BCUT2D eigenvalue weighted by molar-refractivity contribution is 5.73. The predicted octanol–water partition coefficient (Wildman–Crippen LogP) is 0.808. The molecule has 72 valence electrons. The van der Waals surface area contributed by atoms with Gasteiger partial charge in [-0.2, -0.15) is 9.65 Å². The van der Waals surface area contributed by atoms with Gasteiger partial charge in [0.15, 0.2) is 0 Å². The summed E-state index contributed by atoms with van der Waals surface area (Å²) < 4.78 is 17.0.